The second-order valence-electron chi connectivity index (χ2n) is 6.08. The minimum absolute atomic E-state index is 0.165. The molecule has 0 heterocycles. The summed E-state index contributed by atoms with van der Waals surface area (Å²) in [5.41, 5.74) is -0.229. The van der Waals surface area contributed by atoms with Gasteiger partial charge in [0.05, 0.1) is 0 Å². The molecule has 4 aliphatic rings. The summed E-state index contributed by atoms with van der Waals surface area (Å²) in [5.74, 6) is 1.34. The molecule has 3 heteroatoms. The highest BCUT2D eigenvalue weighted by molar-refractivity contribution is 5.89. The predicted molar refractivity (Wildman–Crippen MR) is 57.9 cm³/mol. The van der Waals surface area contributed by atoms with Crippen molar-refractivity contribution >= 4 is 11.8 Å². The van der Waals surface area contributed by atoms with Gasteiger partial charge in [0, 0.05) is 17.8 Å². The van der Waals surface area contributed by atoms with Crippen LogP contribution in [0.4, 0.5) is 0 Å². The van der Waals surface area contributed by atoms with Crippen LogP contribution < -0.4 is 0 Å². The first-order chi connectivity index (χ1) is 7.59. The molecule has 4 saturated carbocycles. The Balaban J connectivity index is 1.82. The van der Waals surface area contributed by atoms with Gasteiger partial charge in [0.25, 0.3) is 0 Å². The van der Waals surface area contributed by atoms with E-state index >= 15 is 0 Å². The van der Waals surface area contributed by atoms with Crippen molar-refractivity contribution in [3.63, 3.8) is 0 Å². The van der Waals surface area contributed by atoms with E-state index in [2.05, 4.69) is 0 Å². The standard InChI is InChI=1S/C13H18O3/c14-11(15)1-2-13-6-8-3-9(7-13)5-10(4-8)12(13)16/h8-10H,1-7H2,(H,14,15)/t8-,9+,10?,13?. The lowest BCUT2D eigenvalue weighted by Crippen LogP contribution is -2.53. The highest BCUT2D eigenvalue weighted by Gasteiger charge is 2.56. The van der Waals surface area contributed by atoms with Crippen LogP contribution >= 0.6 is 0 Å². The Hall–Kier alpha value is -0.860. The average Bonchev–Trinajstić information content (AvgIpc) is 2.22. The number of hydrogen-bond acceptors (Lipinski definition) is 2. The van der Waals surface area contributed by atoms with Crippen molar-refractivity contribution < 1.29 is 14.7 Å². The lowest BCUT2D eigenvalue weighted by atomic mass is 9.48. The van der Waals surface area contributed by atoms with Crippen LogP contribution in [0.2, 0.25) is 0 Å². The third-order valence-electron chi connectivity index (χ3n) is 4.97. The summed E-state index contributed by atoms with van der Waals surface area (Å²) in [4.78, 5) is 23.0. The molecule has 4 bridgehead atoms. The fourth-order valence-electron chi connectivity index (χ4n) is 4.61. The van der Waals surface area contributed by atoms with E-state index in [1.807, 2.05) is 0 Å². The largest absolute Gasteiger partial charge is 0.481 e. The van der Waals surface area contributed by atoms with Crippen LogP contribution in [-0.4, -0.2) is 16.9 Å². The van der Waals surface area contributed by atoms with Crippen LogP contribution in [0.1, 0.15) is 44.9 Å². The molecule has 2 unspecified atom stereocenters. The molecule has 0 saturated heterocycles. The lowest BCUT2D eigenvalue weighted by Gasteiger charge is -2.55. The van der Waals surface area contributed by atoms with E-state index in [0.717, 1.165) is 25.7 Å². The maximum atomic E-state index is 12.3. The van der Waals surface area contributed by atoms with Gasteiger partial charge in [-0.05, 0) is 50.4 Å². The normalized spacial score (nSPS) is 45.0. The summed E-state index contributed by atoms with van der Waals surface area (Å²) in [7, 11) is 0. The van der Waals surface area contributed by atoms with Crippen LogP contribution in [0.15, 0.2) is 0 Å². The number of Topliss-reactive ketones (excluding diaryl/α,β-unsaturated/α-hetero) is 1. The molecular weight excluding hydrogens is 204 g/mol. The van der Waals surface area contributed by atoms with Crippen LogP contribution in [-0.2, 0) is 9.59 Å². The molecule has 0 spiro atoms. The van der Waals surface area contributed by atoms with Gasteiger partial charge < -0.3 is 5.11 Å². The van der Waals surface area contributed by atoms with Gasteiger partial charge in [-0.25, -0.2) is 0 Å². The van der Waals surface area contributed by atoms with Crippen molar-refractivity contribution in [2.75, 3.05) is 0 Å². The molecule has 88 valence electrons. The molecule has 1 N–H and O–H groups in total. The molecule has 0 aliphatic heterocycles. The maximum absolute atomic E-state index is 12.3. The zero-order valence-corrected chi connectivity index (χ0v) is 9.45. The molecule has 4 rings (SSSR count). The smallest absolute Gasteiger partial charge is 0.303 e. The zero-order chi connectivity index (χ0) is 11.3. The van der Waals surface area contributed by atoms with Crippen molar-refractivity contribution in [1.29, 1.82) is 0 Å². The van der Waals surface area contributed by atoms with E-state index in [4.69, 9.17) is 5.11 Å². The van der Waals surface area contributed by atoms with Gasteiger partial charge in [-0.15, -0.1) is 0 Å². The molecule has 4 fully saturated rings. The van der Waals surface area contributed by atoms with Crippen molar-refractivity contribution in [1.82, 2.24) is 0 Å². The molecule has 4 aliphatic carbocycles. The molecular formula is C13H18O3. The van der Waals surface area contributed by atoms with Gasteiger partial charge in [0.2, 0.25) is 0 Å². The van der Waals surface area contributed by atoms with Gasteiger partial charge in [-0.2, -0.15) is 0 Å². The molecule has 0 aromatic rings. The van der Waals surface area contributed by atoms with Crippen LogP contribution in [0.5, 0.6) is 0 Å². The topological polar surface area (TPSA) is 54.4 Å². The number of aliphatic carboxylic acids is 1. The molecule has 0 aromatic heterocycles. The van der Waals surface area contributed by atoms with Crippen LogP contribution in [0.3, 0.4) is 0 Å². The van der Waals surface area contributed by atoms with Gasteiger partial charge in [-0.3, -0.25) is 9.59 Å². The summed E-state index contributed by atoms with van der Waals surface area (Å²) in [6.45, 7) is 0. The van der Waals surface area contributed by atoms with E-state index in [9.17, 15) is 9.59 Å². The quantitative estimate of drug-likeness (QED) is 0.796. The van der Waals surface area contributed by atoms with Gasteiger partial charge >= 0.3 is 5.97 Å². The fraction of sp³-hybridized carbons (Fsp3) is 0.846. The summed E-state index contributed by atoms with van der Waals surface area (Å²) >= 11 is 0. The Morgan fingerprint density at radius 1 is 1.25 bits per heavy atom. The zero-order valence-electron chi connectivity index (χ0n) is 9.45. The number of carboxylic acid groups (broad SMARTS) is 1. The maximum Gasteiger partial charge on any atom is 0.303 e. The number of ketones is 1. The first-order valence-electron chi connectivity index (χ1n) is 6.35. The predicted octanol–water partition coefficient (Wildman–Crippen LogP) is 2.25. The van der Waals surface area contributed by atoms with Crippen molar-refractivity contribution in [3.8, 4) is 0 Å². The number of rotatable bonds is 3. The van der Waals surface area contributed by atoms with E-state index in [1.54, 1.807) is 0 Å². The van der Waals surface area contributed by atoms with E-state index in [-0.39, 0.29) is 17.8 Å². The molecule has 3 nitrogen and oxygen atoms in total. The minimum atomic E-state index is -0.761. The third kappa shape index (κ3) is 1.40. The Bertz CT molecular complexity index is 333. The first-order valence-corrected chi connectivity index (χ1v) is 6.35. The highest BCUT2D eigenvalue weighted by atomic mass is 16.4. The Morgan fingerprint density at radius 2 is 1.88 bits per heavy atom. The van der Waals surface area contributed by atoms with Gasteiger partial charge in [0.15, 0.2) is 0 Å². The van der Waals surface area contributed by atoms with E-state index < -0.39 is 5.97 Å². The number of carbonyl (C=O) groups excluding carboxylic acids is 1. The number of hydrogen-bond donors (Lipinski definition) is 1. The van der Waals surface area contributed by atoms with Crippen molar-refractivity contribution in [2.45, 2.75) is 44.9 Å². The van der Waals surface area contributed by atoms with Crippen LogP contribution in [0.25, 0.3) is 0 Å². The number of carbonyl (C=O) groups is 2. The van der Waals surface area contributed by atoms with Gasteiger partial charge in [-0.1, -0.05) is 0 Å². The Kier molecular flexibility index (Phi) is 2.13. The van der Waals surface area contributed by atoms with E-state index in [0.29, 0.717) is 24.0 Å². The molecule has 4 atom stereocenters. The minimum Gasteiger partial charge on any atom is -0.481 e. The Labute approximate surface area is 95.2 Å². The highest BCUT2D eigenvalue weighted by Crippen LogP contribution is 2.59. The molecule has 16 heavy (non-hydrogen) atoms. The monoisotopic (exact) mass is 222 g/mol. The lowest BCUT2D eigenvalue weighted by molar-refractivity contribution is -0.155. The molecule has 0 amide bonds. The van der Waals surface area contributed by atoms with Gasteiger partial charge in [0.1, 0.15) is 5.78 Å². The fourth-order valence-corrected chi connectivity index (χ4v) is 4.61. The summed E-state index contributed by atoms with van der Waals surface area (Å²) in [6, 6.07) is 0. The SMILES string of the molecule is O=C(O)CCC12C[C@@H]3CC(C[C@@H](C3)C1)C2=O. The summed E-state index contributed by atoms with van der Waals surface area (Å²) < 4.78 is 0. The van der Waals surface area contributed by atoms with E-state index in [1.165, 1.54) is 6.42 Å². The Morgan fingerprint density at radius 3 is 2.44 bits per heavy atom. The molecule has 0 radical (unpaired) electrons. The average molecular weight is 222 g/mol. The summed E-state index contributed by atoms with van der Waals surface area (Å²) in [6.07, 6.45) is 6.17. The first kappa shape index (κ1) is 10.3. The number of carboxylic acids is 1. The molecule has 0 aromatic carbocycles. The van der Waals surface area contributed by atoms with Crippen molar-refractivity contribution in [3.05, 3.63) is 0 Å². The second kappa shape index (κ2) is 3.31. The second-order valence-corrected chi connectivity index (χ2v) is 6.08. The van der Waals surface area contributed by atoms with Crippen LogP contribution in [0, 0.1) is 23.2 Å². The van der Waals surface area contributed by atoms with Crippen molar-refractivity contribution in [2.24, 2.45) is 23.2 Å². The summed E-state index contributed by atoms with van der Waals surface area (Å²) in [5, 5.41) is 8.79. The third-order valence-corrected chi connectivity index (χ3v) is 4.97.